The highest BCUT2D eigenvalue weighted by molar-refractivity contribution is 7.99. The molecule has 1 aromatic rings. The van der Waals surface area contributed by atoms with Crippen LogP contribution in [-0.4, -0.2) is 26.5 Å². The van der Waals surface area contributed by atoms with Gasteiger partial charge in [0.25, 0.3) is 10.0 Å². The molecule has 1 atom stereocenters. The molecule has 0 fully saturated rings. The maximum Gasteiger partial charge on any atom is 0.271 e. The van der Waals surface area contributed by atoms with Crippen LogP contribution in [0, 0.1) is 0 Å². The molecule has 0 aliphatic heterocycles. The average molecular weight is 264 g/mol. The number of furan rings is 1. The Balaban J connectivity index is 2.47. The van der Waals surface area contributed by atoms with Crippen LogP contribution in [0.25, 0.3) is 0 Å². The largest absolute Gasteiger partial charge is 0.447 e. The minimum absolute atomic E-state index is 0.192. The van der Waals surface area contributed by atoms with Gasteiger partial charge in [-0.25, -0.2) is 13.6 Å². The standard InChI is InChI=1S/C9H16N2O3S2/c1-7(15-2)5-11-6-8-3-4-9(14-8)16(10,12)13/h3-4,7,11H,5-6H2,1-2H3,(H2,10,12,13). The summed E-state index contributed by atoms with van der Waals surface area (Å²) in [7, 11) is -3.73. The predicted molar refractivity (Wildman–Crippen MR) is 64.8 cm³/mol. The molecule has 1 unspecified atom stereocenters. The van der Waals surface area contributed by atoms with Crippen LogP contribution >= 0.6 is 11.8 Å². The van der Waals surface area contributed by atoms with Gasteiger partial charge in [-0.3, -0.25) is 0 Å². The van der Waals surface area contributed by atoms with Crippen molar-refractivity contribution in [1.29, 1.82) is 0 Å². The number of primary sulfonamides is 1. The predicted octanol–water partition coefficient (Wildman–Crippen LogP) is 0.768. The Hall–Kier alpha value is -0.500. The highest BCUT2D eigenvalue weighted by atomic mass is 32.2. The van der Waals surface area contributed by atoms with Crippen LogP contribution in [-0.2, 0) is 16.6 Å². The quantitative estimate of drug-likeness (QED) is 0.792. The monoisotopic (exact) mass is 264 g/mol. The van der Waals surface area contributed by atoms with Crippen LogP contribution < -0.4 is 10.5 Å². The van der Waals surface area contributed by atoms with Crippen molar-refractivity contribution in [3.63, 3.8) is 0 Å². The number of nitrogens with one attached hydrogen (secondary N) is 1. The van der Waals surface area contributed by atoms with Gasteiger partial charge in [-0.05, 0) is 18.4 Å². The van der Waals surface area contributed by atoms with E-state index < -0.39 is 10.0 Å². The van der Waals surface area contributed by atoms with Crippen LogP contribution in [0.5, 0.6) is 0 Å². The van der Waals surface area contributed by atoms with Crippen LogP contribution in [0.2, 0.25) is 0 Å². The third kappa shape index (κ3) is 4.17. The SMILES string of the molecule is CSC(C)CNCc1ccc(S(N)(=O)=O)o1. The van der Waals surface area contributed by atoms with Crippen molar-refractivity contribution in [3.8, 4) is 0 Å². The van der Waals surface area contributed by atoms with Crippen molar-refractivity contribution >= 4 is 21.8 Å². The highest BCUT2D eigenvalue weighted by Gasteiger charge is 2.12. The van der Waals surface area contributed by atoms with Crippen molar-refractivity contribution in [2.45, 2.75) is 23.8 Å². The first-order valence-electron chi connectivity index (χ1n) is 4.78. The summed E-state index contributed by atoms with van der Waals surface area (Å²) in [4.78, 5) is 0. The topological polar surface area (TPSA) is 85.3 Å². The number of sulfonamides is 1. The Bertz CT molecular complexity index is 428. The van der Waals surface area contributed by atoms with E-state index in [1.807, 2.05) is 6.26 Å². The summed E-state index contributed by atoms with van der Waals surface area (Å²) in [6, 6.07) is 2.97. The molecule has 7 heteroatoms. The van der Waals surface area contributed by atoms with Crippen molar-refractivity contribution in [2.24, 2.45) is 5.14 Å². The average Bonchev–Trinajstić information content (AvgIpc) is 2.65. The van der Waals surface area contributed by atoms with Gasteiger partial charge in [0.1, 0.15) is 5.76 Å². The number of hydrogen-bond donors (Lipinski definition) is 2. The van der Waals surface area contributed by atoms with Crippen LogP contribution in [0.15, 0.2) is 21.6 Å². The molecule has 1 heterocycles. The van der Waals surface area contributed by atoms with Gasteiger partial charge in [-0.1, -0.05) is 6.92 Å². The summed E-state index contributed by atoms with van der Waals surface area (Å²) in [5.41, 5.74) is 0. The Labute approximate surface area is 99.8 Å². The maximum atomic E-state index is 10.9. The Morgan fingerprint density at radius 1 is 1.56 bits per heavy atom. The van der Waals surface area contributed by atoms with E-state index in [-0.39, 0.29) is 5.09 Å². The number of rotatable bonds is 6. The molecule has 16 heavy (non-hydrogen) atoms. The zero-order valence-electron chi connectivity index (χ0n) is 9.26. The minimum Gasteiger partial charge on any atom is -0.447 e. The summed E-state index contributed by atoms with van der Waals surface area (Å²) >= 11 is 1.76. The van der Waals surface area contributed by atoms with Gasteiger partial charge >= 0.3 is 0 Å². The second kappa shape index (κ2) is 5.72. The summed E-state index contributed by atoms with van der Waals surface area (Å²) in [6.45, 7) is 3.45. The van der Waals surface area contributed by atoms with Gasteiger partial charge in [0.15, 0.2) is 0 Å². The lowest BCUT2D eigenvalue weighted by molar-refractivity contribution is 0.403. The first-order chi connectivity index (χ1) is 7.43. The molecule has 0 aliphatic carbocycles. The normalized spacial score (nSPS) is 13.9. The number of nitrogens with two attached hydrogens (primary N) is 1. The van der Waals surface area contributed by atoms with E-state index in [0.29, 0.717) is 17.6 Å². The van der Waals surface area contributed by atoms with Gasteiger partial charge in [0.05, 0.1) is 6.54 Å². The first kappa shape index (κ1) is 13.6. The van der Waals surface area contributed by atoms with E-state index in [1.54, 1.807) is 17.8 Å². The molecule has 0 aromatic carbocycles. The Morgan fingerprint density at radius 2 is 2.25 bits per heavy atom. The molecule has 0 amide bonds. The van der Waals surface area contributed by atoms with E-state index >= 15 is 0 Å². The highest BCUT2D eigenvalue weighted by Crippen LogP contribution is 2.12. The fraction of sp³-hybridized carbons (Fsp3) is 0.556. The zero-order valence-corrected chi connectivity index (χ0v) is 10.9. The van der Waals surface area contributed by atoms with Gasteiger partial charge in [0.2, 0.25) is 5.09 Å². The second-order valence-corrected chi connectivity index (χ2v) is 6.21. The summed E-state index contributed by atoms with van der Waals surface area (Å²) in [5, 5.41) is 8.40. The number of thioether (sulfide) groups is 1. The summed E-state index contributed by atoms with van der Waals surface area (Å²) in [6.07, 6.45) is 2.04. The van der Waals surface area contributed by atoms with Gasteiger partial charge in [0, 0.05) is 11.8 Å². The molecule has 0 aliphatic rings. The van der Waals surface area contributed by atoms with Crippen LogP contribution in [0.3, 0.4) is 0 Å². The molecule has 1 aromatic heterocycles. The molecule has 0 bridgehead atoms. The summed E-state index contributed by atoms with van der Waals surface area (Å²) in [5.74, 6) is 0.567. The van der Waals surface area contributed by atoms with Crippen LogP contribution in [0.4, 0.5) is 0 Å². The van der Waals surface area contributed by atoms with Crippen molar-refractivity contribution in [1.82, 2.24) is 5.32 Å². The van der Waals surface area contributed by atoms with Gasteiger partial charge in [-0.15, -0.1) is 0 Å². The molecular weight excluding hydrogens is 248 g/mol. The molecule has 0 spiro atoms. The second-order valence-electron chi connectivity index (χ2n) is 3.44. The third-order valence-corrected chi connectivity index (χ3v) is 3.80. The fourth-order valence-electron chi connectivity index (χ4n) is 1.09. The molecule has 1 rings (SSSR count). The van der Waals surface area contributed by atoms with E-state index in [9.17, 15) is 8.42 Å². The van der Waals surface area contributed by atoms with Crippen molar-refractivity contribution in [3.05, 3.63) is 17.9 Å². The summed E-state index contributed by atoms with van der Waals surface area (Å²) < 4.78 is 27.0. The third-order valence-electron chi connectivity index (χ3n) is 2.05. The number of hydrogen-bond acceptors (Lipinski definition) is 5. The fourth-order valence-corrected chi connectivity index (χ4v) is 1.85. The lowest BCUT2D eigenvalue weighted by atomic mass is 10.4. The van der Waals surface area contributed by atoms with E-state index in [1.165, 1.54) is 6.07 Å². The lowest BCUT2D eigenvalue weighted by Gasteiger charge is -2.07. The molecule has 3 N–H and O–H groups in total. The smallest absolute Gasteiger partial charge is 0.271 e. The van der Waals surface area contributed by atoms with Gasteiger partial charge in [-0.2, -0.15) is 11.8 Å². The first-order valence-corrected chi connectivity index (χ1v) is 7.62. The zero-order chi connectivity index (χ0) is 12.2. The Morgan fingerprint density at radius 3 is 2.75 bits per heavy atom. The lowest BCUT2D eigenvalue weighted by Crippen LogP contribution is -2.21. The van der Waals surface area contributed by atoms with E-state index in [2.05, 4.69) is 12.2 Å². The van der Waals surface area contributed by atoms with Gasteiger partial charge < -0.3 is 9.73 Å². The molecule has 0 saturated carbocycles. The molecule has 92 valence electrons. The van der Waals surface area contributed by atoms with Crippen LogP contribution in [0.1, 0.15) is 12.7 Å². The molecule has 0 radical (unpaired) electrons. The Kier molecular flexibility index (Phi) is 4.85. The molecule has 5 nitrogen and oxygen atoms in total. The van der Waals surface area contributed by atoms with E-state index in [0.717, 1.165) is 6.54 Å². The minimum atomic E-state index is -3.73. The van der Waals surface area contributed by atoms with E-state index in [4.69, 9.17) is 9.56 Å². The van der Waals surface area contributed by atoms with Crippen molar-refractivity contribution in [2.75, 3.05) is 12.8 Å². The maximum absolute atomic E-state index is 10.9. The molecule has 0 saturated heterocycles. The molecular formula is C9H16N2O3S2. The van der Waals surface area contributed by atoms with Crippen molar-refractivity contribution < 1.29 is 12.8 Å².